The Kier molecular flexibility index (Phi) is 8.01. The molecule has 2 N–H and O–H groups in total. The first-order chi connectivity index (χ1) is 7.92. The van der Waals surface area contributed by atoms with Gasteiger partial charge >= 0.3 is 0 Å². The van der Waals surface area contributed by atoms with Gasteiger partial charge in [-0.2, -0.15) is 0 Å². The molecule has 0 aliphatic rings. The molecule has 0 spiro atoms. The molecule has 3 heteroatoms. The van der Waals surface area contributed by atoms with Crippen molar-refractivity contribution in [2.75, 3.05) is 26.7 Å². The van der Waals surface area contributed by atoms with Crippen LogP contribution in [0.3, 0.4) is 0 Å². The van der Waals surface area contributed by atoms with Gasteiger partial charge in [-0.15, -0.1) is 0 Å². The lowest BCUT2D eigenvalue weighted by molar-refractivity contribution is 0.113. The molecule has 0 aromatic rings. The van der Waals surface area contributed by atoms with E-state index in [1.54, 1.807) is 0 Å². The molecule has 0 aliphatic heterocycles. The Labute approximate surface area is 108 Å². The number of hydrogen-bond acceptors (Lipinski definition) is 3. The number of hydrogen-bond donors (Lipinski definition) is 2. The second-order valence-corrected chi connectivity index (χ2v) is 5.62. The molecule has 0 radical (unpaired) electrons. The van der Waals surface area contributed by atoms with Gasteiger partial charge in [0, 0.05) is 18.1 Å². The molecule has 0 heterocycles. The molecular weight excluding hydrogens is 212 g/mol. The maximum absolute atomic E-state index is 9.44. The summed E-state index contributed by atoms with van der Waals surface area (Å²) in [6.45, 7) is 13.5. The fraction of sp³-hybridized carbons (Fsp3) is 1.00. The van der Waals surface area contributed by atoms with Crippen LogP contribution in [0.4, 0.5) is 0 Å². The number of likely N-dealkylation sites (N-methyl/N-ethyl adjacent to an activating group) is 1. The molecule has 0 saturated heterocycles. The first-order valence-corrected chi connectivity index (χ1v) is 6.96. The summed E-state index contributed by atoms with van der Waals surface area (Å²) in [5, 5.41) is 12.7. The summed E-state index contributed by atoms with van der Waals surface area (Å²) >= 11 is 0. The molecule has 0 aliphatic carbocycles. The highest BCUT2D eigenvalue weighted by Crippen LogP contribution is 2.17. The molecule has 104 valence electrons. The highest BCUT2D eigenvalue weighted by atomic mass is 16.3. The van der Waals surface area contributed by atoms with E-state index < -0.39 is 0 Å². The minimum absolute atomic E-state index is 0.164. The van der Waals surface area contributed by atoms with E-state index in [-0.39, 0.29) is 12.1 Å². The zero-order valence-corrected chi connectivity index (χ0v) is 12.6. The lowest BCUT2D eigenvalue weighted by Gasteiger charge is -2.36. The van der Waals surface area contributed by atoms with Gasteiger partial charge in [0.2, 0.25) is 0 Å². The van der Waals surface area contributed by atoms with Crippen LogP contribution in [-0.4, -0.2) is 48.3 Å². The Morgan fingerprint density at radius 1 is 1.29 bits per heavy atom. The third-order valence-electron chi connectivity index (χ3n) is 3.97. The average Bonchev–Trinajstić information content (AvgIpc) is 2.34. The lowest BCUT2D eigenvalue weighted by Crippen LogP contribution is -2.49. The van der Waals surface area contributed by atoms with Crippen molar-refractivity contribution in [3.8, 4) is 0 Å². The standard InChI is InChI=1S/C14H32N2O/c1-7-12(3)10-16(8-2)13(4)9-14(5,11-17)15-6/h12-13,15,17H,7-11H2,1-6H3. The quantitative estimate of drug-likeness (QED) is 0.652. The van der Waals surface area contributed by atoms with E-state index in [1.165, 1.54) is 6.42 Å². The maximum atomic E-state index is 9.44. The van der Waals surface area contributed by atoms with Crippen molar-refractivity contribution in [2.24, 2.45) is 5.92 Å². The topological polar surface area (TPSA) is 35.5 Å². The van der Waals surface area contributed by atoms with E-state index >= 15 is 0 Å². The van der Waals surface area contributed by atoms with Crippen molar-refractivity contribution >= 4 is 0 Å². The van der Waals surface area contributed by atoms with Crippen LogP contribution in [-0.2, 0) is 0 Å². The molecule has 3 nitrogen and oxygen atoms in total. The smallest absolute Gasteiger partial charge is 0.0611 e. The number of nitrogens with one attached hydrogen (secondary N) is 1. The summed E-state index contributed by atoms with van der Waals surface area (Å²) in [7, 11) is 1.92. The minimum Gasteiger partial charge on any atom is -0.394 e. The van der Waals surface area contributed by atoms with Gasteiger partial charge in [0.1, 0.15) is 0 Å². The molecule has 0 bridgehead atoms. The summed E-state index contributed by atoms with van der Waals surface area (Å²) in [5.74, 6) is 0.743. The first-order valence-electron chi connectivity index (χ1n) is 6.96. The van der Waals surface area contributed by atoms with Crippen LogP contribution >= 0.6 is 0 Å². The third-order valence-corrected chi connectivity index (χ3v) is 3.97. The monoisotopic (exact) mass is 244 g/mol. The second kappa shape index (κ2) is 8.06. The van der Waals surface area contributed by atoms with Gasteiger partial charge in [-0.3, -0.25) is 0 Å². The molecule has 0 aromatic carbocycles. The molecule has 0 fully saturated rings. The molecule has 0 aromatic heterocycles. The van der Waals surface area contributed by atoms with Crippen molar-refractivity contribution in [3.63, 3.8) is 0 Å². The lowest BCUT2D eigenvalue weighted by atomic mass is 9.93. The molecular formula is C14H32N2O. The molecule has 3 atom stereocenters. The second-order valence-electron chi connectivity index (χ2n) is 5.62. The van der Waals surface area contributed by atoms with Crippen LogP contribution in [0.15, 0.2) is 0 Å². The van der Waals surface area contributed by atoms with Crippen LogP contribution in [0.1, 0.15) is 47.5 Å². The predicted octanol–water partition coefficient (Wildman–Crippen LogP) is 2.10. The fourth-order valence-corrected chi connectivity index (χ4v) is 2.18. The van der Waals surface area contributed by atoms with Crippen LogP contribution in [0, 0.1) is 5.92 Å². The number of nitrogens with zero attached hydrogens (tertiary/aromatic N) is 1. The largest absolute Gasteiger partial charge is 0.394 e. The van der Waals surface area contributed by atoms with Crippen molar-refractivity contribution in [1.82, 2.24) is 10.2 Å². The Balaban J connectivity index is 4.38. The van der Waals surface area contributed by atoms with Gasteiger partial charge in [-0.1, -0.05) is 27.2 Å². The molecule has 17 heavy (non-hydrogen) atoms. The Morgan fingerprint density at radius 3 is 2.24 bits per heavy atom. The zero-order chi connectivity index (χ0) is 13.5. The summed E-state index contributed by atoms with van der Waals surface area (Å²) in [6.07, 6.45) is 2.21. The average molecular weight is 244 g/mol. The van der Waals surface area contributed by atoms with Crippen LogP contribution in [0.25, 0.3) is 0 Å². The summed E-state index contributed by atoms with van der Waals surface area (Å²) in [4.78, 5) is 2.51. The van der Waals surface area contributed by atoms with Gasteiger partial charge in [-0.05, 0) is 39.8 Å². The SMILES string of the molecule is CCC(C)CN(CC)C(C)CC(C)(CO)NC. The molecule has 0 rings (SSSR count). The Bertz CT molecular complexity index is 193. The van der Waals surface area contributed by atoms with Crippen LogP contribution in [0.2, 0.25) is 0 Å². The highest BCUT2D eigenvalue weighted by molar-refractivity contribution is 4.86. The molecule has 0 amide bonds. The van der Waals surface area contributed by atoms with Gasteiger partial charge in [0.25, 0.3) is 0 Å². The summed E-state index contributed by atoms with van der Waals surface area (Å²) in [6, 6.07) is 0.499. The zero-order valence-electron chi connectivity index (χ0n) is 12.6. The van der Waals surface area contributed by atoms with Crippen LogP contribution < -0.4 is 5.32 Å². The van der Waals surface area contributed by atoms with Crippen molar-refractivity contribution in [1.29, 1.82) is 0 Å². The number of aliphatic hydroxyl groups is 1. The Hall–Kier alpha value is -0.120. The van der Waals surface area contributed by atoms with Gasteiger partial charge < -0.3 is 15.3 Å². The highest BCUT2D eigenvalue weighted by Gasteiger charge is 2.26. The van der Waals surface area contributed by atoms with Crippen molar-refractivity contribution in [3.05, 3.63) is 0 Å². The van der Waals surface area contributed by atoms with Gasteiger partial charge in [0.05, 0.1) is 6.61 Å². The number of rotatable bonds is 9. The Morgan fingerprint density at radius 2 is 1.88 bits per heavy atom. The first kappa shape index (κ1) is 16.9. The summed E-state index contributed by atoms with van der Waals surface area (Å²) < 4.78 is 0. The van der Waals surface area contributed by atoms with Crippen molar-refractivity contribution < 1.29 is 5.11 Å². The van der Waals surface area contributed by atoms with Gasteiger partial charge in [0.15, 0.2) is 0 Å². The van der Waals surface area contributed by atoms with E-state index in [1.807, 2.05) is 7.05 Å². The predicted molar refractivity (Wildman–Crippen MR) is 75.3 cm³/mol. The summed E-state index contributed by atoms with van der Waals surface area (Å²) in [5.41, 5.74) is -0.164. The van der Waals surface area contributed by atoms with Crippen molar-refractivity contribution in [2.45, 2.75) is 59.0 Å². The maximum Gasteiger partial charge on any atom is 0.0611 e. The van der Waals surface area contributed by atoms with E-state index in [0.717, 1.165) is 25.4 Å². The number of aliphatic hydroxyl groups excluding tert-OH is 1. The van der Waals surface area contributed by atoms with E-state index in [9.17, 15) is 5.11 Å². The fourth-order valence-electron chi connectivity index (χ4n) is 2.18. The normalized spacial score (nSPS) is 19.1. The minimum atomic E-state index is -0.164. The van der Waals surface area contributed by atoms with E-state index in [2.05, 4.69) is 44.8 Å². The van der Waals surface area contributed by atoms with Gasteiger partial charge in [-0.25, -0.2) is 0 Å². The van der Waals surface area contributed by atoms with Crippen LogP contribution in [0.5, 0.6) is 0 Å². The third kappa shape index (κ3) is 5.84. The van der Waals surface area contributed by atoms with E-state index in [4.69, 9.17) is 0 Å². The molecule has 0 saturated carbocycles. The van der Waals surface area contributed by atoms with E-state index in [0.29, 0.717) is 6.04 Å². The molecule has 3 unspecified atom stereocenters.